The summed E-state index contributed by atoms with van der Waals surface area (Å²) in [7, 11) is 0. The Hall–Kier alpha value is -8.78. The lowest BCUT2D eigenvalue weighted by molar-refractivity contribution is 0.714. The topological polar surface area (TPSA) is 3.24 Å². The standard InChI is InChI=1S/C68H47N/c1-68(52-24-9-4-10-25-52)64-31-16-15-28-60(64)61-43-41-55(45-65(61)68)69(53-38-36-47(37-39-53)46-32-34-49(35-33-46)57-30-17-23-48-18-11-12-26-56(48)57)54-40-42-59-58-27-13-14-29-62(58)66(50-19-5-2-6-20-50)67(63(59)44-54)51-21-7-3-8-22-51/h2-45H,1H3. The largest absolute Gasteiger partial charge is 0.310 e. The van der Waals surface area contributed by atoms with Crippen molar-refractivity contribution in [1.82, 2.24) is 0 Å². The monoisotopic (exact) mass is 877 g/mol. The Morgan fingerprint density at radius 1 is 0.275 bits per heavy atom. The average Bonchev–Trinajstić information content (AvgIpc) is 3.69. The van der Waals surface area contributed by atoms with Crippen LogP contribution in [0.2, 0.25) is 0 Å². The summed E-state index contributed by atoms with van der Waals surface area (Å²) in [4.78, 5) is 2.47. The fraction of sp³-hybridized carbons (Fsp3) is 0.0294. The van der Waals surface area contributed by atoms with Gasteiger partial charge in [-0.1, -0.05) is 231 Å². The van der Waals surface area contributed by atoms with Crippen LogP contribution in [0.4, 0.5) is 17.1 Å². The third-order valence-corrected chi connectivity index (χ3v) is 14.7. The zero-order valence-electron chi connectivity index (χ0n) is 38.4. The normalized spacial score (nSPS) is 13.9. The Kier molecular flexibility index (Phi) is 9.70. The molecule has 0 fully saturated rings. The van der Waals surface area contributed by atoms with Crippen LogP contribution in [0.25, 0.3) is 88.0 Å². The minimum Gasteiger partial charge on any atom is -0.310 e. The van der Waals surface area contributed by atoms with Crippen molar-refractivity contribution in [3.63, 3.8) is 0 Å². The number of nitrogens with zero attached hydrogens (tertiary/aromatic N) is 1. The molecule has 0 heterocycles. The zero-order chi connectivity index (χ0) is 45.9. The van der Waals surface area contributed by atoms with Crippen molar-refractivity contribution >= 4 is 49.4 Å². The molecular weight excluding hydrogens is 831 g/mol. The fourth-order valence-electron chi connectivity index (χ4n) is 11.4. The van der Waals surface area contributed by atoms with Gasteiger partial charge in [0.2, 0.25) is 0 Å². The van der Waals surface area contributed by atoms with Gasteiger partial charge in [0.1, 0.15) is 0 Å². The summed E-state index contributed by atoms with van der Waals surface area (Å²) in [5.74, 6) is 0. The van der Waals surface area contributed by atoms with Crippen molar-refractivity contribution < 1.29 is 0 Å². The van der Waals surface area contributed by atoms with Gasteiger partial charge in [0.05, 0.1) is 0 Å². The third-order valence-electron chi connectivity index (χ3n) is 14.7. The first-order valence-corrected chi connectivity index (χ1v) is 24.0. The van der Waals surface area contributed by atoms with Crippen LogP contribution in [0.3, 0.4) is 0 Å². The van der Waals surface area contributed by atoms with Crippen LogP contribution >= 0.6 is 0 Å². The van der Waals surface area contributed by atoms with E-state index in [9.17, 15) is 0 Å². The van der Waals surface area contributed by atoms with Gasteiger partial charge in [-0.2, -0.15) is 0 Å². The Morgan fingerprint density at radius 3 is 1.48 bits per heavy atom. The van der Waals surface area contributed by atoms with Crippen molar-refractivity contribution in [3.8, 4) is 55.6 Å². The van der Waals surface area contributed by atoms with Gasteiger partial charge in [-0.15, -0.1) is 0 Å². The minimum absolute atomic E-state index is 0.343. The van der Waals surface area contributed by atoms with Gasteiger partial charge in [-0.05, 0) is 148 Å². The van der Waals surface area contributed by atoms with Crippen molar-refractivity contribution in [1.29, 1.82) is 0 Å². The molecule has 12 aromatic rings. The van der Waals surface area contributed by atoms with Crippen molar-refractivity contribution in [2.24, 2.45) is 0 Å². The molecule has 12 aromatic carbocycles. The number of benzene rings is 12. The molecule has 1 unspecified atom stereocenters. The van der Waals surface area contributed by atoms with Gasteiger partial charge < -0.3 is 4.90 Å². The van der Waals surface area contributed by atoms with E-state index in [4.69, 9.17) is 0 Å². The summed E-state index contributed by atoms with van der Waals surface area (Å²) in [6.45, 7) is 2.40. The van der Waals surface area contributed by atoms with Gasteiger partial charge in [0.25, 0.3) is 0 Å². The second-order valence-electron chi connectivity index (χ2n) is 18.5. The Bertz CT molecular complexity index is 3870. The molecule has 1 atom stereocenters. The molecule has 69 heavy (non-hydrogen) atoms. The minimum atomic E-state index is -0.343. The van der Waals surface area contributed by atoms with Crippen molar-refractivity contribution in [3.05, 3.63) is 284 Å². The van der Waals surface area contributed by atoms with E-state index in [1.54, 1.807) is 0 Å². The first-order valence-electron chi connectivity index (χ1n) is 24.0. The molecule has 1 nitrogen and oxygen atoms in total. The lowest BCUT2D eigenvalue weighted by atomic mass is 9.74. The lowest BCUT2D eigenvalue weighted by Crippen LogP contribution is -2.22. The Balaban J connectivity index is 1.01. The van der Waals surface area contributed by atoms with Gasteiger partial charge in [-0.3, -0.25) is 0 Å². The second kappa shape index (κ2) is 16.5. The highest BCUT2D eigenvalue weighted by Gasteiger charge is 2.41. The fourth-order valence-corrected chi connectivity index (χ4v) is 11.4. The molecule has 0 aliphatic heterocycles. The van der Waals surface area contributed by atoms with Crippen LogP contribution < -0.4 is 4.90 Å². The highest BCUT2D eigenvalue weighted by molar-refractivity contribution is 6.22. The summed E-state index contributed by atoms with van der Waals surface area (Å²) in [6, 6.07) is 98.4. The number of rotatable bonds is 8. The molecule has 0 amide bonds. The Morgan fingerprint density at radius 2 is 0.754 bits per heavy atom. The van der Waals surface area contributed by atoms with Crippen LogP contribution in [0.5, 0.6) is 0 Å². The molecule has 0 saturated heterocycles. The SMILES string of the molecule is CC1(c2ccccc2)c2ccccc2-c2ccc(N(c3ccc(-c4ccc(-c5cccc6ccccc56)cc4)cc3)c3ccc4c(c3)c(-c3ccccc3)c(-c3ccccc3)c3ccccc34)cc21. The first kappa shape index (κ1) is 40.5. The number of anilines is 3. The highest BCUT2D eigenvalue weighted by Crippen LogP contribution is 2.54. The van der Waals surface area contributed by atoms with E-state index in [0.29, 0.717) is 0 Å². The van der Waals surface area contributed by atoms with Crippen LogP contribution in [-0.4, -0.2) is 0 Å². The smallest absolute Gasteiger partial charge is 0.0468 e. The van der Waals surface area contributed by atoms with E-state index >= 15 is 0 Å². The van der Waals surface area contributed by atoms with Gasteiger partial charge in [0.15, 0.2) is 0 Å². The van der Waals surface area contributed by atoms with Gasteiger partial charge in [0, 0.05) is 22.5 Å². The third kappa shape index (κ3) is 6.69. The predicted octanol–water partition coefficient (Wildman–Crippen LogP) is 18.6. The molecule has 0 N–H and O–H groups in total. The van der Waals surface area contributed by atoms with E-state index in [-0.39, 0.29) is 5.41 Å². The maximum atomic E-state index is 2.47. The lowest BCUT2D eigenvalue weighted by Gasteiger charge is -2.31. The number of fused-ring (bicyclic) bond motifs is 7. The van der Waals surface area contributed by atoms with Crippen molar-refractivity contribution in [2.75, 3.05) is 4.90 Å². The summed E-state index contributed by atoms with van der Waals surface area (Å²) < 4.78 is 0. The second-order valence-corrected chi connectivity index (χ2v) is 18.5. The summed E-state index contributed by atoms with van der Waals surface area (Å²) in [5, 5.41) is 7.46. The van der Waals surface area contributed by atoms with Gasteiger partial charge >= 0.3 is 0 Å². The molecule has 13 rings (SSSR count). The summed E-state index contributed by atoms with van der Waals surface area (Å²) >= 11 is 0. The highest BCUT2D eigenvalue weighted by atomic mass is 15.1. The van der Waals surface area contributed by atoms with Crippen LogP contribution in [-0.2, 0) is 5.41 Å². The molecule has 1 aliphatic rings. The molecule has 1 aliphatic carbocycles. The molecule has 0 aromatic heterocycles. The molecule has 0 radical (unpaired) electrons. The van der Waals surface area contributed by atoms with Crippen LogP contribution in [0, 0.1) is 0 Å². The number of hydrogen-bond acceptors (Lipinski definition) is 1. The average molecular weight is 878 g/mol. The van der Waals surface area contributed by atoms with Crippen LogP contribution in [0.1, 0.15) is 23.6 Å². The predicted molar refractivity (Wildman–Crippen MR) is 293 cm³/mol. The summed E-state index contributed by atoms with van der Waals surface area (Å²) in [6.07, 6.45) is 0. The van der Waals surface area contributed by atoms with E-state index in [2.05, 4.69) is 279 Å². The van der Waals surface area contributed by atoms with E-state index in [1.165, 1.54) is 105 Å². The number of hydrogen-bond donors (Lipinski definition) is 0. The first-order chi connectivity index (χ1) is 34.1. The van der Waals surface area contributed by atoms with Crippen LogP contribution in [0.15, 0.2) is 267 Å². The maximum absolute atomic E-state index is 2.47. The van der Waals surface area contributed by atoms with E-state index in [1.807, 2.05) is 0 Å². The molecule has 1 heteroatoms. The molecular formula is C68H47N. The zero-order valence-corrected chi connectivity index (χ0v) is 38.4. The molecule has 0 spiro atoms. The van der Waals surface area contributed by atoms with E-state index < -0.39 is 0 Å². The quantitative estimate of drug-likeness (QED) is 0.138. The van der Waals surface area contributed by atoms with E-state index in [0.717, 1.165) is 17.1 Å². The molecule has 0 bridgehead atoms. The summed E-state index contributed by atoms with van der Waals surface area (Å²) in [5.41, 5.74) is 19.2. The molecule has 0 saturated carbocycles. The van der Waals surface area contributed by atoms with Gasteiger partial charge in [-0.25, -0.2) is 0 Å². The maximum Gasteiger partial charge on any atom is 0.0468 e. The van der Waals surface area contributed by atoms with Crippen molar-refractivity contribution in [2.45, 2.75) is 12.3 Å². The Labute approximate surface area is 403 Å². The molecule has 324 valence electrons.